The zero-order chi connectivity index (χ0) is 20.9. The first kappa shape index (κ1) is 20.5. The number of pyridine rings is 1. The number of nitrogens with one attached hydrogen (secondary N) is 1. The average Bonchev–Trinajstić information content (AvgIpc) is 3.17. The van der Waals surface area contributed by atoms with E-state index in [-0.39, 0.29) is 22.4 Å². The largest absolute Gasteiger partial charge is 0.419 e. The van der Waals surface area contributed by atoms with Crippen LogP contribution in [0.5, 0.6) is 0 Å². The first-order chi connectivity index (χ1) is 14.0. The van der Waals surface area contributed by atoms with Gasteiger partial charge in [0.25, 0.3) is 0 Å². The summed E-state index contributed by atoms with van der Waals surface area (Å²) in [5.41, 5.74) is 1.64. The highest BCUT2D eigenvalue weighted by atomic mass is 32.2. The molecule has 2 heterocycles. The van der Waals surface area contributed by atoms with Crippen molar-refractivity contribution < 1.29 is 12.8 Å². The van der Waals surface area contributed by atoms with Gasteiger partial charge in [0.05, 0.1) is 4.90 Å². The second-order valence-corrected chi connectivity index (χ2v) is 8.08. The van der Waals surface area contributed by atoms with Crippen LogP contribution in [0.15, 0.2) is 58.1 Å². The molecule has 0 saturated carbocycles. The molecule has 0 fully saturated rings. The van der Waals surface area contributed by atoms with E-state index in [1.807, 2.05) is 18.2 Å². The molecule has 9 heteroatoms. The van der Waals surface area contributed by atoms with Gasteiger partial charge in [0.1, 0.15) is 6.07 Å². The first-order valence-corrected chi connectivity index (χ1v) is 10.6. The van der Waals surface area contributed by atoms with Crippen LogP contribution >= 0.6 is 0 Å². The van der Waals surface area contributed by atoms with E-state index < -0.39 is 10.0 Å². The molecule has 0 unspecified atom stereocenters. The van der Waals surface area contributed by atoms with E-state index in [0.717, 1.165) is 5.56 Å². The molecule has 1 aromatic carbocycles. The predicted molar refractivity (Wildman–Crippen MR) is 108 cm³/mol. The minimum absolute atomic E-state index is 0.128. The lowest BCUT2D eigenvalue weighted by Crippen LogP contribution is -2.30. The van der Waals surface area contributed by atoms with Gasteiger partial charge in [-0.3, -0.25) is 4.98 Å². The van der Waals surface area contributed by atoms with Crippen LogP contribution in [-0.2, 0) is 16.6 Å². The van der Waals surface area contributed by atoms with Gasteiger partial charge >= 0.3 is 0 Å². The summed E-state index contributed by atoms with van der Waals surface area (Å²) in [5.74, 6) is 0.494. The maximum atomic E-state index is 12.6. The molecule has 0 amide bonds. The lowest BCUT2D eigenvalue weighted by molar-refractivity contribution is 0.445. The Balaban J connectivity index is 1.82. The van der Waals surface area contributed by atoms with Gasteiger partial charge in [0, 0.05) is 37.6 Å². The number of nitrogens with zero attached hydrogens (tertiary/aromatic N) is 4. The molecule has 0 aliphatic carbocycles. The molecule has 0 bridgehead atoms. The van der Waals surface area contributed by atoms with Crippen molar-refractivity contribution in [1.82, 2.24) is 14.3 Å². The minimum atomic E-state index is -3.54. The zero-order valence-corrected chi connectivity index (χ0v) is 17.0. The van der Waals surface area contributed by atoms with Gasteiger partial charge in [0.2, 0.25) is 27.5 Å². The molecule has 29 heavy (non-hydrogen) atoms. The summed E-state index contributed by atoms with van der Waals surface area (Å²) in [6.07, 6.45) is 3.40. The van der Waals surface area contributed by atoms with E-state index in [1.165, 1.54) is 16.4 Å². The Labute approximate surface area is 169 Å². The lowest BCUT2D eigenvalue weighted by atomic mass is 10.2. The maximum Gasteiger partial charge on any atom is 0.243 e. The van der Waals surface area contributed by atoms with Crippen LogP contribution in [0.3, 0.4) is 0 Å². The molecular formula is C20H21N5O3S. The molecule has 3 aromatic rings. The highest BCUT2D eigenvalue weighted by Crippen LogP contribution is 2.27. The van der Waals surface area contributed by atoms with E-state index in [9.17, 15) is 13.7 Å². The molecule has 8 nitrogen and oxygen atoms in total. The van der Waals surface area contributed by atoms with Gasteiger partial charge in [-0.15, -0.1) is 0 Å². The number of aromatic nitrogens is 2. The van der Waals surface area contributed by atoms with Gasteiger partial charge in [-0.2, -0.15) is 14.6 Å². The monoisotopic (exact) mass is 411 g/mol. The second-order valence-electron chi connectivity index (χ2n) is 6.14. The van der Waals surface area contributed by atoms with Crippen LogP contribution in [0.25, 0.3) is 11.5 Å². The van der Waals surface area contributed by atoms with Crippen LogP contribution in [0.1, 0.15) is 25.1 Å². The Hall–Kier alpha value is -3.22. The third kappa shape index (κ3) is 4.45. The van der Waals surface area contributed by atoms with Gasteiger partial charge in [-0.05, 0) is 35.9 Å². The van der Waals surface area contributed by atoms with Crippen LogP contribution in [0, 0.1) is 11.3 Å². The molecule has 0 saturated heterocycles. The van der Waals surface area contributed by atoms with E-state index in [2.05, 4.69) is 15.3 Å². The molecule has 0 radical (unpaired) electrons. The average molecular weight is 411 g/mol. The van der Waals surface area contributed by atoms with Crippen molar-refractivity contribution in [3.63, 3.8) is 0 Å². The topological polar surface area (TPSA) is 112 Å². The molecular weight excluding hydrogens is 390 g/mol. The Bertz CT molecular complexity index is 1100. The number of oxazole rings is 1. The second kappa shape index (κ2) is 8.86. The van der Waals surface area contributed by atoms with Crippen LogP contribution < -0.4 is 5.32 Å². The molecule has 0 atom stereocenters. The molecule has 150 valence electrons. The molecule has 1 N–H and O–H groups in total. The standard InChI is InChI=1S/C20H21N5O3S/c1-3-25(4-2)29(26,27)17-9-7-16(8-10-17)19-24-18(12-21)20(28-19)23-14-15-6-5-11-22-13-15/h5-11,13,23H,3-4,14H2,1-2H3. The lowest BCUT2D eigenvalue weighted by Gasteiger charge is -2.18. The van der Waals surface area contributed by atoms with Crippen molar-refractivity contribution in [1.29, 1.82) is 5.26 Å². The van der Waals surface area contributed by atoms with Gasteiger partial charge < -0.3 is 9.73 Å². The highest BCUT2D eigenvalue weighted by molar-refractivity contribution is 7.89. The summed E-state index contributed by atoms with van der Waals surface area (Å²) >= 11 is 0. The number of anilines is 1. The van der Waals surface area contributed by atoms with Crippen LogP contribution in [0.2, 0.25) is 0 Å². The van der Waals surface area contributed by atoms with E-state index in [4.69, 9.17) is 4.42 Å². The minimum Gasteiger partial charge on any atom is -0.419 e. The highest BCUT2D eigenvalue weighted by Gasteiger charge is 2.22. The van der Waals surface area contributed by atoms with E-state index in [0.29, 0.717) is 25.2 Å². The molecule has 0 aliphatic rings. The molecule has 0 aliphatic heterocycles. The normalized spacial score (nSPS) is 11.4. The van der Waals surface area contributed by atoms with Crippen molar-refractivity contribution in [2.45, 2.75) is 25.3 Å². The summed E-state index contributed by atoms with van der Waals surface area (Å²) in [5, 5.41) is 12.4. The number of hydrogen-bond donors (Lipinski definition) is 1. The van der Waals surface area contributed by atoms with E-state index in [1.54, 1.807) is 38.4 Å². The smallest absolute Gasteiger partial charge is 0.243 e. The predicted octanol–water partition coefficient (Wildman–Crippen LogP) is 3.25. The van der Waals surface area contributed by atoms with Crippen LogP contribution in [-0.4, -0.2) is 35.8 Å². The van der Waals surface area contributed by atoms with Crippen molar-refractivity contribution in [2.75, 3.05) is 18.4 Å². The molecule has 0 spiro atoms. The van der Waals surface area contributed by atoms with Crippen molar-refractivity contribution in [2.24, 2.45) is 0 Å². The SMILES string of the molecule is CCN(CC)S(=O)(=O)c1ccc(-c2nc(C#N)c(NCc3cccnc3)o2)cc1. The third-order valence-electron chi connectivity index (χ3n) is 4.35. The van der Waals surface area contributed by atoms with Crippen molar-refractivity contribution in [3.05, 3.63) is 60.0 Å². The Kier molecular flexibility index (Phi) is 6.26. The van der Waals surface area contributed by atoms with Crippen molar-refractivity contribution in [3.8, 4) is 17.5 Å². The zero-order valence-electron chi connectivity index (χ0n) is 16.2. The Morgan fingerprint density at radius 1 is 1.17 bits per heavy atom. The van der Waals surface area contributed by atoms with Crippen LogP contribution in [0.4, 0.5) is 5.88 Å². The summed E-state index contributed by atoms with van der Waals surface area (Å²) in [4.78, 5) is 8.45. The van der Waals surface area contributed by atoms with Crippen molar-refractivity contribution >= 4 is 15.9 Å². The summed E-state index contributed by atoms with van der Waals surface area (Å²) in [6, 6.07) is 12.0. The number of sulfonamides is 1. The fourth-order valence-electron chi connectivity index (χ4n) is 2.81. The maximum absolute atomic E-state index is 12.6. The Morgan fingerprint density at radius 2 is 1.90 bits per heavy atom. The molecule has 3 rings (SSSR count). The first-order valence-electron chi connectivity index (χ1n) is 9.13. The Morgan fingerprint density at radius 3 is 2.48 bits per heavy atom. The quantitative estimate of drug-likeness (QED) is 0.605. The number of hydrogen-bond acceptors (Lipinski definition) is 7. The summed E-state index contributed by atoms with van der Waals surface area (Å²) in [6.45, 7) is 4.82. The fraction of sp³-hybridized carbons (Fsp3) is 0.250. The summed E-state index contributed by atoms with van der Waals surface area (Å²) in [7, 11) is -3.54. The van der Waals surface area contributed by atoms with E-state index >= 15 is 0 Å². The number of benzene rings is 1. The fourth-order valence-corrected chi connectivity index (χ4v) is 4.26. The number of nitriles is 1. The molecule has 2 aromatic heterocycles. The van der Waals surface area contributed by atoms with Gasteiger partial charge in [-0.25, -0.2) is 8.42 Å². The third-order valence-corrected chi connectivity index (χ3v) is 6.42. The van der Waals surface area contributed by atoms with Gasteiger partial charge in [-0.1, -0.05) is 19.9 Å². The number of rotatable bonds is 8. The summed E-state index contributed by atoms with van der Waals surface area (Å²) < 4.78 is 32.3. The van der Waals surface area contributed by atoms with Gasteiger partial charge in [0.15, 0.2) is 0 Å².